The van der Waals surface area contributed by atoms with E-state index in [9.17, 15) is 14.7 Å². The first-order valence-electron chi connectivity index (χ1n) is 7.78. The summed E-state index contributed by atoms with van der Waals surface area (Å²) in [7, 11) is 0. The summed E-state index contributed by atoms with van der Waals surface area (Å²) in [5, 5.41) is 9.18. The molecule has 0 amide bonds. The highest BCUT2D eigenvalue weighted by Gasteiger charge is 2.34. The van der Waals surface area contributed by atoms with Crippen molar-refractivity contribution in [2.45, 2.75) is 71.6 Å². The monoisotopic (exact) mass is 268 g/mol. The minimum absolute atomic E-state index is 0.191. The first-order valence-corrected chi connectivity index (χ1v) is 7.78. The zero-order chi connectivity index (χ0) is 14.3. The fraction of sp³-hybridized carbons (Fsp3) is 0.875. The highest BCUT2D eigenvalue weighted by atomic mass is 16.4. The lowest BCUT2D eigenvalue weighted by Gasteiger charge is -2.27. The van der Waals surface area contributed by atoms with E-state index < -0.39 is 11.9 Å². The standard InChI is InChI=1S/C16H28O3/c1-12(2)8-4-3-5-11-15(17)13-9-6-7-10-14(13)16(18)19/h12-14H,3-11H2,1-2H3,(H,18,19). The molecule has 1 rings (SSSR count). The normalized spacial score (nSPS) is 23.5. The Labute approximate surface area is 116 Å². The van der Waals surface area contributed by atoms with Crippen LogP contribution in [0.5, 0.6) is 0 Å². The Balaban J connectivity index is 2.29. The second-order valence-corrected chi connectivity index (χ2v) is 6.30. The van der Waals surface area contributed by atoms with Crippen LogP contribution in [0.1, 0.15) is 71.6 Å². The number of carboxylic acids is 1. The van der Waals surface area contributed by atoms with E-state index in [1.807, 2.05) is 0 Å². The Morgan fingerprint density at radius 3 is 2.26 bits per heavy atom. The highest BCUT2D eigenvalue weighted by Crippen LogP contribution is 2.32. The third-order valence-corrected chi connectivity index (χ3v) is 4.20. The van der Waals surface area contributed by atoms with Gasteiger partial charge in [0, 0.05) is 12.3 Å². The molecule has 2 atom stereocenters. The van der Waals surface area contributed by atoms with Crippen molar-refractivity contribution in [1.82, 2.24) is 0 Å². The summed E-state index contributed by atoms with van der Waals surface area (Å²) in [4.78, 5) is 23.3. The lowest BCUT2D eigenvalue weighted by molar-refractivity contribution is -0.148. The zero-order valence-corrected chi connectivity index (χ0v) is 12.4. The molecule has 0 spiro atoms. The SMILES string of the molecule is CC(C)CCCCCC(=O)C1CCCCC1C(=O)O. The van der Waals surface area contributed by atoms with Gasteiger partial charge in [-0.1, -0.05) is 46.0 Å². The van der Waals surface area contributed by atoms with Gasteiger partial charge in [0.1, 0.15) is 5.78 Å². The lowest BCUT2D eigenvalue weighted by atomic mass is 9.76. The van der Waals surface area contributed by atoms with Gasteiger partial charge >= 0.3 is 5.97 Å². The van der Waals surface area contributed by atoms with E-state index in [2.05, 4.69) is 13.8 Å². The van der Waals surface area contributed by atoms with Gasteiger partial charge in [0.05, 0.1) is 5.92 Å². The van der Waals surface area contributed by atoms with Crippen molar-refractivity contribution in [3.8, 4) is 0 Å². The zero-order valence-electron chi connectivity index (χ0n) is 12.4. The average Bonchev–Trinajstić information content (AvgIpc) is 2.37. The number of carboxylic acid groups (broad SMARTS) is 1. The topological polar surface area (TPSA) is 54.4 Å². The Bertz CT molecular complexity index is 296. The molecule has 19 heavy (non-hydrogen) atoms. The minimum Gasteiger partial charge on any atom is -0.481 e. The highest BCUT2D eigenvalue weighted by molar-refractivity contribution is 5.86. The molecule has 0 bridgehead atoms. The van der Waals surface area contributed by atoms with Gasteiger partial charge in [-0.3, -0.25) is 9.59 Å². The summed E-state index contributed by atoms with van der Waals surface area (Å²) >= 11 is 0. The van der Waals surface area contributed by atoms with Gasteiger partial charge in [0.2, 0.25) is 0 Å². The largest absolute Gasteiger partial charge is 0.481 e. The quantitative estimate of drug-likeness (QED) is 0.676. The van der Waals surface area contributed by atoms with Crippen molar-refractivity contribution < 1.29 is 14.7 Å². The van der Waals surface area contributed by atoms with Crippen LogP contribution in [0.4, 0.5) is 0 Å². The average molecular weight is 268 g/mol. The number of hydrogen-bond acceptors (Lipinski definition) is 2. The molecule has 0 aromatic carbocycles. The molecular weight excluding hydrogens is 240 g/mol. The summed E-state index contributed by atoms with van der Waals surface area (Å²) in [5.74, 6) is -0.492. The predicted octanol–water partition coefficient (Wildman–Crippen LogP) is 4.05. The summed E-state index contributed by atoms with van der Waals surface area (Å²) in [6.45, 7) is 4.43. The van der Waals surface area contributed by atoms with Crippen LogP contribution in [0.2, 0.25) is 0 Å². The fourth-order valence-corrected chi connectivity index (χ4v) is 3.03. The van der Waals surface area contributed by atoms with Crippen molar-refractivity contribution in [3.63, 3.8) is 0 Å². The van der Waals surface area contributed by atoms with Crippen LogP contribution in [0.15, 0.2) is 0 Å². The summed E-state index contributed by atoms with van der Waals surface area (Å²) < 4.78 is 0. The number of unbranched alkanes of at least 4 members (excludes halogenated alkanes) is 2. The molecule has 0 aromatic heterocycles. The first-order chi connectivity index (χ1) is 9.02. The predicted molar refractivity (Wildman–Crippen MR) is 76.0 cm³/mol. The molecule has 0 radical (unpaired) electrons. The van der Waals surface area contributed by atoms with Crippen LogP contribution in [-0.4, -0.2) is 16.9 Å². The molecule has 1 N–H and O–H groups in total. The Kier molecular flexibility index (Phi) is 7.11. The van der Waals surface area contributed by atoms with E-state index >= 15 is 0 Å². The molecule has 1 aliphatic carbocycles. The van der Waals surface area contributed by atoms with Crippen LogP contribution in [0, 0.1) is 17.8 Å². The number of Topliss-reactive ketones (excluding diaryl/α,β-unsaturated/α-hetero) is 1. The molecule has 1 fully saturated rings. The van der Waals surface area contributed by atoms with E-state index in [-0.39, 0.29) is 11.7 Å². The Morgan fingerprint density at radius 1 is 1.05 bits per heavy atom. The Morgan fingerprint density at radius 2 is 1.68 bits per heavy atom. The van der Waals surface area contributed by atoms with Crippen molar-refractivity contribution >= 4 is 11.8 Å². The van der Waals surface area contributed by atoms with Gasteiger partial charge in [-0.05, 0) is 25.2 Å². The summed E-state index contributed by atoms with van der Waals surface area (Å²) in [6, 6.07) is 0. The van der Waals surface area contributed by atoms with E-state index in [4.69, 9.17) is 0 Å². The molecule has 0 saturated heterocycles. The number of hydrogen-bond donors (Lipinski definition) is 1. The van der Waals surface area contributed by atoms with Gasteiger partial charge in [-0.2, -0.15) is 0 Å². The lowest BCUT2D eigenvalue weighted by Crippen LogP contribution is -2.32. The first kappa shape index (κ1) is 16.2. The van der Waals surface area contributed by atoms with Gasteiger partial charge < -0.3 is 5.11 Å². The van der Waals surface area contributed by atoms with Gasteiger partial charge in [-0.15, -0.1) is 0 Å². The van der Waals surface area contributed by atoms with Crippen molar-refractivity contribution in [3.05, 3.63) is 0 Å². The second-order valence-electron chi connectivity index (χ2n) is 6.30. The van der Waals surface area contributed by atoms with Crippen molar-refractivity contribution in [1.29, 1.82) is 0 Å². The molecule has 0 heterocycles. The van der Waals surface area contributed by atoms with E-state index in [1.54, 1.807) is 0 Å². The maximum absolute atomic E-state index is 12.1. The van der Waals surface area contributed by atoms with Crippen LogP contribution < -0.4 is 0 Å². The molecule has 0 aliphatic heterocycles. The molecule has 110 valence electrons. The molecule has 1 saturated carbocycles. The second kappa shape index (κ2) is 8.34. The molecule has 3 heteroatoms. The maximum Gasteiger partial charge on any atom is 0.307 e. The number of ketones is 1. The van der Waals surface area contributed by atoms with Crippen molar-refractivity contribution in [2.75, 3.05) is 0 Å². The summed E-state index contributed by atoms with van der Waals surface area (Å²) in [5.41, 5.74) is 0. The molecule has 3 nitrogen and oxygen atoms in total. The third kappa shape index (κ3) is 5.75. The van der Waals surface area contributed by atoms with Crippen LogP contribution in [0.25, 0.3) is 0 Å². The van der Waals surface area contributed by atoms with Crippen molar-refractivity contribution in [2.24, 2.45) is 17.8 Å². The van der Waals surface area contributed by atoms with Crippen LogP contribution in [0.3, 0.4) is 0 Å². The van der Waals surface area contributed by atoms with Gasteiger partial charge in [0.25, 0.3) is 0 Å². The van der Waals surface area contributed by atoms with E-state index in [1.165, 1.54) is 12.8 Å². The number of carbonyl (C=O) groups excluding carboxylic acids is 1. The molecule has 2 unspecified atom stereocenters. The van der Waals surface area contributed by atoms with Crippen LogP contribution >= 0.6 is 0 Å². The van der Waals surface area contributed by atoms with E-state index in [0.29, 0.717) is 12.8 Å². The third-order valence-electron chi connectivity index (χ3n) is 4.20. The Hall–Kier alpha value is -0.860. The minimum atomic E-state index is -0.780. The number of carbonyl (C=O) groups is 2. The summed E-state index contributed by atoms with van der Waals surface area (Å²) in [6.07, 6.45) is 8.41. The fourth-order valence-electron chi connectivity index (χ4n) is 3.03. The number of aliphatic carboxylic acids is 1. The van der Waals surface area contributed by atoms with Gasteiger partial charge in [0.15, 0.2) is 0 Å². The van der Waals surface area contributed by atoms with Gasteiger partial charge in [-0.25, -0.2) is 0 Å². The van der Waals surface area contributed by atoms with Crippen LogP contribution in [-0.2, 0) is 9.59 Å². The smallest absolute Gasteiger partial charge is 0.307 e. The molecule has 1 aliphatic rings. The molecule has 0 aromatic rings. The molecular formula is C16H28O3. The van der Waals surface area contributed by atoms with E-state index in [0.717, 1.165) is 38.0 Å². The maximum atomic E-state index is 12.1. The number of rotatable bonds is 8.